The fourth-order valence-corrected chi connectivity index (χ4v) is 5.89. The number of hydrogen-bond donors (Lipinski definition) is 1. The van der Waals surface area contributed by atoms with Crippen molar-refractivity contribution in [1.82, 2.24) is 19.5 Å². The van der Waals surface area contributed by atoms with Gasteiger partial charge in [0.05, 0.1) is 35.6 Å². The zero-order valence-corrected chi connectivity index (χ0v) is 23.5. The monoisotopic (exact) mass is 581 g/mol. The number of amides is 1. The van der Waals surface area contributed by atoms with E-state index in [0.29, 0.717) is 46.5 Å². The molecular weight excluding hydrogens is 552 g/mol. The van der Waals surface area contributed by atoms with E-state index >= 15 is 0 Å². The van der Waals surface area contributed by atoms with Gasteiger partial charge in [-0.15, -0.1) is 0 Å². The molecule has 1 atom stereocenters. The fraction of sp³-hybridized carbons (Fsp3) is 0.345. The number of nitrogens with zero attached hydrogens (tertiary/aromatic N) is 6. The third-order valence-corrected chi connectivity index (χ3v) is 8.13. The molecule has 41 heavy (non-hydrogen) atoms. The van der Waals surface area contributed by atoms with Crippen LogP contribution in [0.15, 0.2) is 48.8 Å². The van der Waals surface area contributed by atoms with E-state index in [4.69, 9.17) is 21.3 Å². The highest BCUT2D eigenvalue weighted by atomic mass is 35.5. The summed E-state index contributed by atoms with van der Waals surface area (Å²) in [6.45, 7) is 4.12. The predicted molar refractivity (Wildman–Crippen MR) is 154 cm³/mol. The Bertz CT molecular complexity index is 1610. The molecule has 6 rings (SSSR count). The van der Waals surface area contributed by atoms with Crippen molar-refractivity contribution in [2.45, 2.75) is 18.9 Å². The summed E-state index contributed by atoms with van der Waals surface area (Å²) in [5, 5.41) is 7.68. The van der Waals surface area contributed by atoms with Crippen LogP contribution in [0.1, 0.15) is 34.8 Å². The molecule has 0 bridgehead atoms. The molecular formula is C29H30ClF2N7O2. The number of piperazine rings is 1. The van der Waals surface area contributed by atoms with Crippen molar-refractivity contribution < 1.29 is 18.3 Å². The number of benzene rings is 2. The SMILES string of the molecule is COc1cc(N2CCN(C)CC2)c(Cl)cc1C(=O)Nc1cnn2ccc(N3CCC[C@@H]3c3cc(F)ccc3F)nc12. The van der Waals surface area contributed by atoms with E-state index in [1.807, 2.05) is 4.90 Å². The first-order valence-electron chi connectivity index (χ1n) is 13.5. The lowest BCUT2D eigenvalue weighted by Gasteiger charge is -2.34. The van der Waals surface area contributed by atoms with Crippen LogP contribution in [0.25, 0.3) is 5.65 Å². The van der Waals surface area contributed by atoms with Crippen molar-refractivity contribution in [2.75, 3.05) is 62.0 Å². The number of fused-ring (bicyclic) bond motifs is 1. The van der Waals surface area contributed by atoms with Gasteiger partial charge >= 0.3 is 0 Å². The van der Waals surface area contributed by atoms with Crippen molar-refractivity contribution in [3.8, 4) is 5.75 Å². The summed E-state index contributed by atoms with van der Waals surface area (Å²) >= 11 is 6.65. The third kappa shape index (κ3) is 5.27. The molecule has 2 aliphatic heterocycles. The number of ether oxygens (including phenoxy) is 1. The molecule has 2 saturated heterocycles. The van der Waals surface area contributed by atoms with Crippen LogP contribution >= 0.6 is 11.6 Å². The van der Waals surface area contributed by atoms with Crippen LogP contribution < -0.4 is 19.9 Å². The summed E-state index contributed by atoms with van der Waals surface area (Å²) in [4.78, 5) is 24.6. The zero-order chi connectivity index (χ0) is 28.7. The van der Waals surface area contributed by atoms with Crippen LogP contribution in [0.4, 0.5) is 26.0 Å². The van der Waals surface area contributed by atoms with E-state index in [0.717, 1.165) is 50.4 Å². The Hall–Kier alpha value is -3.96. The van der Waals surface area contributed by atoms with Crippen molar-refractivity contribution in [2.24, 2.45) is 0 Å². The molecule has 4 heterocycles. The lowest BCUT2D eigenvalue weighted by molar-refractivity contribution is 0.102. The lowest BCUT2D eigenvalue weighted by atomic mass is 10.0. The highest BCUT2D eigenvalue weighted by Gasteiger charge is 2.30. The molecule has 12 heteroatoms. The number of methoxy groups -OCH3 is 1. The van der Waals surface area contributed by atoms with Gasteiger partial charge in [-0.2, -0.15) is 5.10 Å². The highest BCUT2D eigenvalue weighted by molar-refractivity contribution is 6.34. The number of rotatable bonds is 6. The van der Waals surface area contributed by atoms with Gasteiger partial charge in [0.15, 0.2) is 5.65 Å². The first-order valence-corrected chi connectivity index (χ1v) is 13.9. The molecule has 2 aromatic carbocycles. The Balaban J connectivity index is 1.27. The number of aromatic nitrogens is 3. The lowest BCUT2D eigenvalue weighted by Crippen LogP contribution is -2.44. The molecule has 1 amide bonds. The summed E-state index contributed by atoms with van der Waals surface area (Å²) in [6.07, 6.45) is 4.72. The smallest absolute Gasteiger partial charge is 0.259 e. The molecule has 2 aliphatic rings. The standard InChI is InChI=1S/C29H30ClF2N7O2/c1-36-10-12-37(13-11-36)25-16-26(41-2)20(15-21(25)30)29(40)34-23-17-33-39-9-7-27(35-28(23)39)38-8-3-4-24(38)19-14-18(31)5-6-22(19)32/h5-7,9,14-17,24H,3-4,8,10-13H2,1-2H3,(H,34,40)/t24-/m1/s1. The predicted octanol–water partition coefficient (Wildman–Crippen LogP) is 5.02. The minimum absolute atomic E-state index is 0.284. The Morgan fingerprint density at radius 2 is 1.90 bits per heavy atom. The van der Waals surface area contributed by atoms with Crippen LogP contribution in [0.2, 0.25) is 5.02 Å². The second kappa shape index (κ2) is 11.1. The topological polar surface area (TPSA) is 78.2 Å². The van der Waals surface area contributed by atoms with Crippen LogP contribution in [0.3, 0.4) is 0 Å². The van der Waals surface area contributed by atoms with Gasteiger partial charge in [0.25, 0.3) is 5.91 Å². The van der Waals surface area contributed by atoms with Gasteiger partial charge in [0.1, 0.15) is 28.9 Å². The van der Waals surface area contributed by atoms with Crippen molar-refractivity contribution in [3.05, 3.63) is 76.6 Å². The molecule has 1 N–H and O–H groups in total. The molecule has 0 unspecified atom stereocenters. The highest BCUT2D eigenvalue weighted by Crippen LogP contribution is 2.38. The van der Waals surface area contributed by atoms with Crippen LogP contribution in [0.5, 0.6) is 5.75 Å². The van der Waals surface area contributed by atoms with Gasteiger partial charge in [-0.1, -0.05) is 11.6 Å². The zero-order valence-electron chi connectivity index (χ0n) is 22.8. The molecule has 0 aliphatic carbocycles. The maximum absolute atomic E-state index is 14.6. The summed E-state index contributed by atoms with van der Waals surface area (Å²) in [5.74, 6) is -0.367. The molecule has 0 saturated carbocycles. The fourth-order valence-electron chi connectivity index (χ4n) is 5.61. The number of halogens is 3. The van der Waals surface area contributed by atoms with E-state index in [-0.39, 0.29) is 11.6 Å². The minimum Gasteiger partial charge on any atom is -0.496 e. The molecule has 214 valence electrons. The van der Waals surface area contributed by atoms with Crippen molar-refractivity contribution in [1.29, 1.82) is 0 Å². The summed E-state index contributed by atoms with van der Waals surface area (Å²) < 4.78 is 35.7. The Morgan fingerprint density at radius 1 is 1.10 bits per heavy atom. The van der Waals surface area contributed by atoms with Gasteiger partial charge in [0.2, 0.25) is 0 Å². The Labute approximate surface area is 241 Å². The summed E-state index contributed by atoms with van der Waals surface area (Å²) in [7, 11) is 3.60. The second-order valence-corrected chi connectivity index (χ2v) is 10.8. The average Bonchev–Trinajstić information content (AvgIpc) is 3.62. The van der Waals surface area contributed by atoms with Gasteiger partial charge in [0, 0.05) is 50.6 Å². The number of carbonyl (C=O) groups is 1. The average molecular weight is 582 g/mol. The number of likely N-dealkylation sites (N-methyl/N-ethyl adjacent to an activating group) is 1. The molecule has 0 spiro atoms. The van der Waals surface area contributed by atoms with Crippen molar-refractivity contribution in [3.63, 3.8) is 0 Å². The van der Waals surface area contributed by atoms with Crippen molar-refractivity contribution >= 4 is 40.3 Å². The number of hydrogen-bond acceptors (Lipinski definition) is 7. The van der Waals surface area contributed by atoms with E-state index in [9.17, 15) is 13.6 Å². The molecule has 2 fully saturated rings. The maximum Gasteiger partial charge on any atom is 0.259 e. The Kier molecular flexibility index (Phi) is 7.39. The molecule has 9 nitrogen and oxygen atoms in total. The van der Waals surface area contributed by atoms with E-state index in [1.165, 1.54) is 19.4 Å². The van der Waals surface area contributed by atoms with Gasteiger partial charge in [-0.25, -0.2) is 18.3 Å². The van der Waals surface area contributed by atoms with E-state index < -0.39 is 17.5 Å². The van der Waals surface area contributed by atoms with Crippen LogP contribution in [-0.4, -0.2) is 72.3 Å². The first-order chi connectivity index (χ1) is 19.8. The van der Waals surface area contributed by atoms with Gasteiger partial charge in [-0.05, 0) is 50.2 Å². The normalized spacial score (nSPS) is 17.8. The quantitative estimate of drug-likeness (QED) is 0.343. The Morgan fingerprint density at radius 3 is 2.68 bits per heavy atom. The van der Waals surface area contributed by atoms with E-state index in [1.54, 1.807) is 28.9 Å². The van der Waals surface area contributed by atoms with E-state index in [2.05, 4.69) is 27.3 Å². The summed E-state index contributed by atoms with van der Waals surface area (Å²) in [6, 6.07) is 8.36. The second-order valence-electron chi connectivity index (χ2n) is 10.4. The summed E-state index contributed by atoms with van der Waals surface area (Å²) in [5.41, 5.74) is 2.22. The minimum atomic E-state index is -0.482. The van der Waals surface area contributed by atoms with Crippen LogP contribution in [0, 0.1) is 11.6 Å². The van der Waals surface area contributed by atoms with Gasteiger partial charge < -0.3 is 24.8 Å². The maximum atomic E-state index is 14.6. The van der Waals surface area contributed by atoms with Crippen LogP contribution in [-0.2, 0) is 0 Å². The number of carbonyl (C=O) groups excluding carboxylic acids is 1. The number of nitrogens with one attached hydrogen (secondary N) is 1. The third-order valence-electron chi connectivity index (χ3n) is 7.82. The molecule has 2 aromatic heterocycles. The largest absolute Gasteiger partial charge is 0.496 e. The molecule has 0 radical (unpaired) electrons. The number of anilines is 3. The first kappa shape index (κ1) is 27.2. The molecule has 4 aromatic rings. The van der Waals surface area contributed by atoms with Gasteiger partial charge in [-0.3, -0.25) is 4.79 Å².